The second kappa shape index (κ2) is 4.34. The van der Waals surface area contributed by atoms with Crippen LogP contribution in [0.2, 0.25) is 0 Å². The van der Waals surface area contributed by atoms with Crippen molar-refractivity contribution in [3.63, 3.8) is 0 Å². The molecule has 2 atom stereocenters. The van der Waals surface area contributed by atoms with E-state index in [9.17, 15) is 4.79 Å². The summed E-state index contributed by atoms with van der Waals surface area (Å²) in [5.41, 5.74) is -0.193. The van der Waals surface area contributed by atoms with Gasteiger partial charge in [-0.2, -0.15) is 0 Å². The van der Waals surface area contributed by atoms with Gasteiger partial charge in [0.05, 0.1) is 24.4 Å². The highest BCUT2D eigenvalue weighted by Gasteiger charge is 2.59. The maximum absolute atomic E-state index is 12.3. The van der Waals surface area contributed by atoms with Gasteiger partial charge in [-0.3, -0.25) is 10.1 Å². The quantitative estimate of drug-likeness (QED) is 0.763. The Morgan fingerprint density at radius 3 is 2.69 bits per heavy atom. The van der Waals surface area contributed by atoms with Crippen molar-refractivity contribution in [2.45, 2.75) is 57.3 Å². The molecule has 1 saturated heterocycles. The number of carbonyl (C=O) groups excluding carboxylic acids is 1. The van der Waals surface area contributed by atoms with Gasteiger partial charge in [0.25, 0.3) is 0 Å². The van der Waals surface area contributed by atoms with Crippen LogP contribution in [0.25, 0.3) is 0 Å². The molecule has 4 heteroatoms. The zero-order chi connectivity index (χ0) is 11.8. The van der Waals surface area contributed by atoms with E-state index in [0.29, 0.717) is 12.5 Å². The summed E-state index contributed by atoms with van der Waals surface area (Å²) >= 11 is 0. The molecule has 1 aliphatic carbocycles. The molecule has 92 valence electrons. The second-order valence-corrected chi connectivity index (χ2v) is 4.88. The number of rotatable bonds is 5. The highest BCUT2D eigenvalue weighted by molar-refractivity contribution is 5.92. The van der Waals surface area contributed by atoms with Crippen LogP contribution in [0.4, 0.5) is 0 Å². The summed E-state index contributed by atoms with van der Waals surface area (Å²) in [6, 6.07) is 0.218. The highest BCUT2D eigenvalue weighted by Crippen LogP contribution is 2.43. The van der Waals surface area contributed by atoms with Crippen LogP contribution in [0.3, 0.4) is 0 Å². The van der Waals surface area contributed by atoms with Gasteiger partial charge < -0.3 is 9.64 Å². The van der Waals surface area contributed by atoms with Gasteiger partial charge >= 0.3 is 0 Å². The van der Waals surface area contributed by atoms with Gasteiger partial charge in [0.1, 0.15) is 0 Å². The number of amides is 1. The fourth-order valence-corrected chi connectivity index (χ4v) is 2.63. The van der Waals surface area contributed by atoms with E-state index >= 15 is 0 Å². The van der Waals surface area contributed by atoms with Crippen LogP contribution in [-0.2, 0) is 9.53 Å². The molecule has 16 heavy (non-hydrogen) atoms. The smallest absolute Gasteiger partial charge is 0.244 e. The van der Waals surface area contributed by atoms with Crippen molar-refractivity contribution < 1.29 is 9.53 Å². The molecular weight excluding hydrogens is 204 g/mol. The van der Waals surface area contributed by atoms with Crippen molar-refractivity contribution in [1.29, 1.82) is 0 Å². The van der Waals surface area contributed by atoms with E-state index in [1.165, 1.54) is 0 Å². The Balaban J connectivity index is 2.13. The molecule has 1 amide bonds. The lowest BCUT2D eigenvalue weighted by atomic mass is 10.1. The minimum absolute atomic E-state index is 0.193. The predicted octanol–water partition coefficient (Wildman–Crippen LogP) is 1.11. The molecule has 1 aliphatic heterocycles. The molecule has 4 nitrogen and oxygen atoms in total. The summed E-state index contributed by atoms with van der Waals surface area (Å²) in [6.07, 6.45) is 4.13. The molecular formula is C12H22N2O2. The molecule has 1 heterocycles. The van der Waals surface area contributed by atoms with E-state index in [1.807, 2.05) is 4.90 Å². The van der Waals surface area contributed by atoms with Gasteiger partial charge in [0.2, 0.25) is 5.91 Å². The highest BCUT2D eigenvalue weighted by atomic mass is 16.5. The summed E-state index contributed by atoms with van der Waals surface area (Å²) < 4.78 is 5.22. The summed E-state index contributed by atoms with van der Waals surface area (Å²) in [5, 5.41) is 3.48. The van der Waals surface area contributed by atoms with Crippen LogP contribution in [0, 0.1) is 0 Å². The molecule has 1 saturated carbocycles. The minimum atomic E-state index is -0.193. The Labute approximate surface area is 97.3 Å². The van der Waals surface area contributed by atoms with E-state index in [0.717, 1.165) is 25.7 Å². The molecule has 0 aromatic carbocycles. The van der Waals surface area contributed by atoms with Crippen LogP contribution in [0.1, 0.15) is 39.5 Å². The molecule has 1 N–H and O–H groups in total. The maximum atomic E-state index is 12.3. The first-order valence-corrected chi connectivity index (χ1v) is 6.28. The molecule has 2 unspecified atom stereocenters. The van der Waals surface area contributed by atoms with Crippen molar-refractivity contribution in [3.05, 3.63) is 0 Å². The van der Waals surface area contributed by atoms with Crippen LogP contribution in [-0.4, -0.2) is 42.3 Å². The van der Waals surface area contributed by atoms with E-state index < -0.39 is 0 Å². The molecule has 2 aliphatic rings. The van der Waals surface area contributed by atoms with Gasteiger partial charge in [0.15, 0.2) is 0 Å². The Bertz CT molecular complexity index is 276. The topological polar surface area (TPSA) is 41.6 Å². The average Bonchev–Trinajstić information content (AvgIpc) is 3.01. The predicted molar refractivity (Wildman–Crippen MR) is 62.0 cm³/mol. The van der Waals surface area contributed by atoms with Gasteiger partial charge in [-0.25, -0.2) is 0 Å². The Morgan fingerprint density at radius 1 is 1.56 bits per heavy atom. The first-order chi connectivity index (χ1) is 7.68. The zero-order valence-electron chi connectivity index (χ0n) is 10.5. The van der Waals surface area contributed by atoms with Gasteiger partial charge in [-0.1, -0.05) is 13.8 Å². The van der Waals surface area contributed by atoms with Crippen LogP contribution < -0.4 is 5.32 Å². The number of hydrogen-bond acceptors (Lipinski definition) is 3. The van der Waals surface area contributed by atoms with Gasteiger partial charge in [0, 0.05) is 7.11 Å². The third-order valence-corrected chi connectivity index (χ3v) is 3.78. The number of nitrogens with zero attached hydrogens (tertiary/aromatic N) is 1. The lowest BCUT2D eigenvalue weighted by Crippen LogP contribution is -2.46. The van der Waals surface area contributed by atoms with Gasteiger partial charge in [-0.05, 0) is 25.7 Å². The fraction of sp³-hybridized carbons (Fsp3) is 0.917. The van der Waals surface area contributed by atoms with Gasteiger partial charge in [-0.15, -0.1) is 0 Å². The summed E-state index contributed by atoms with van der Waals surface area (Å²) in [5.74, 6) is 0.295. The summed E-state index contributed by atoms with van der Waals surface area (Å²) in [4.78, 5) is 14.4. The molecule has 2 fully saturated rings. The Kier molecular flexibility index (Phi) is 3.22. The van der Waals surface area contributed by atoms with Crippen LogP contribution in [0.15, 0.2) is 0 Å². The SMILES string of the molecule is CCC(COC)N1C(=O)C2(CC2)NC1CC. The first-order valence-electron chi connectivity index (χ1n) is 6.28. The third-order valence-electron chi connectivity index (χ3n) is 3.78. The second-order valence-electron chi connectivity index (χ2n) is 4.88. The number of nitrogens with one attached hydrogen (secondary N) is 1. The Morgan fingerprint density at radius 2 is 2.25 bits per heavy atom. The minimum Gasteiger partial charge on any atom is -0.383 e. The van der Waals surface area contributed by atoms with E-state index in [-0.39, 0.29) is 17.7 Å². The standard InChI is InChI=1S/C12H22N2O2/c1-4-9(8-16-3)14-10(5-2)13-12(6-7-12)11(14)15/h9-10,13H,4-8H2,1-3H3. The molecule has 0 bridgehead atoms. The molecule has 0 aromatic rings. The lowest BCUT2D eigenvalue weighted by molar-refractivity contribution is -0.134. The molecule has 0 radical (unpaired) electrons. The summed E-state index contributed by atoms with van der Waals surface area (Å²) in [6.45, 7) is 4.87. The molecule has 1 spiro atoms. The normalized spacial score (nSPS) is 28.8. The van der Waals surface area contributed by atoms with Crippen LogP contribution in [0.5, 0.6) is 0 Å². The van der Waals surface area contributed by atoms with Crippen molar-refractivity contribution in [2.75, 3.05) is 13.7 Å². The van der Waals surface area contributed by atoms with Crippen LogP contribution >= 0.6 is 0 Å². The zero-order valence-corrected chi connectivity index (χ0v) is 10.5. The molecule has 0 aromatic heterocycles. The number of methoxy groups -OCH3 is 1. The van der Waals surface area contributed by atoms with Crippen molar-refractivity contribution in [3.8, 4) is 0 Å². The van der Waals surface area contributed by atoms with E-state index in [4.69, 9.17) is 4.74 Å². The number of ether oxygens (including phenoxy) is 1. The summed E-state index contributed by atoms with van der Waals surface area (Å²) in [7, 11) is 1.70. The van der Waals surface area contributed by atoms with Crippen molar-refractivity contribution >= 4 is 5.91 Å². The number of carbonyl (C=O) groups is 1. The molecule has 2 rings (SSSR count). The number of hydrogen-bond donors (Lipinski definition) is 1. The monoisotopic (exact) mass is 226 g/mol. The average molecular weight is 226 g/mol. The first kappa shape index (κ1) is 11.9. The van der Waals surface area contributed by atoms with E-state index in [2.05, 4.69) is 19.2 Å². The Hall–Kier alpha value is -0.610. The van der Waals surface area contributed by atoms with Crippen molar-refractivity contribution in [1.82, 2.24) is 10.2 Å². The third kappa shape index (κ3) is 1.74. The lowest BCUT2D eigenvalue weighted by Gasteiger charge is -2.31. The van der Waals surface area contributed by atoms with Crippen molar-refractivity contribution in [2.24, 2.45) is 0 Å². The maximum Gasteiger partial charge on any atom is 0.244 e. The fourth-order valence-electron chi connectivity index (χ4n) is 2.63. The largest absolute Gasteiger partial charge is 0.383 e. The van der Waals surface area contributed by atoms with E-state index in [1.54, 1.807) is 7.11 Å².